The van der Waals surface area contributed by atoms with Crippen LogP contribution in [0.2, 0.25) is 0 Å². The van der Waals surface area contributed by atoms with Crippen molar-refractivity contribution in [3.05, 3.63) is 42.2 Å². The van der Waals surface area contributed by atoms with Gasteiger partial charge in [-0.1, -0.05) is 18.2 Å². The smallest absolute Gasteiger partial charge is 0.310 e. The highest BCUT2D eigenvalue weighted by molar-refractivity contribution is 5.90. The fraction of sp³-hybridized carbons (Fsp3) is 0.400. The molecule has 1 aromatic rings. The van der Waals surface area contributed by atoms with Crippen LogP contribution >= 0.6 is 0 Å². The van der Waals surface area contributed by atoms with Gasteiger partial charge in [-0.3, -0.25) is 14.6 Å². The second-order valence-electron chi connectivity index (χ2n) is 5.79. The molecule has 0 radical (unpaired) electrons. The van der Waals surface area contributed by atoms with Crippen LogP contribution in [0, 0.1) is 11.8 Å². The highest BCUT2D eigenvalue weighted by Gasteiger charge is 2.66. The molecule has 0 saturated carbocycles. The van der Waals surface area contributed by atoms with Gasteiger partial charge in [0.1, 0.15) is 11.5 Å². The summed E-state index contributed by atoms with van der Waals surface area (Å²) in [4.78, 5) is 29.8. The van der Waals surface area contributed by atoms with E-state index < -0.39 is 29.5 Å². The third kappa shape index (κ3) is 1.65. The van der Waals surface area contributed by atoms with Crippen molar-refractivity contribution in [1.29, 1.82) is 0 Å². The molecule has 1 N–H and O–H groups in total. The molecule has 2 bridgehead atoms. The van der Waals surface area contributed by atoms with E-state index in [4.69, 9.17) is 4.74 Å². The van der Waals surface area contributed by atoms with Crippen LogP contribution in [0.5, 0.6) is 0 Å². The second kappa shape index (κ2) is 4.14. The summed E-state index contributed by atoms with van der Waals surface area (Å²) in [6.07, 6.45) is 6.55. The molecule has 21 heavy (non-hydrogen) atoms. The molecule has 2 saturated heterocycles. The van der Waals surface area contributed by atoms with Gasteiger partial charge in [0.2, 0.25) is 5.91 Å². The van der Waals surface area contributed by atoms with E-state index in [-0.39, 0.29) is 5.91 Å². The molecular formula is C15H14N2O4. The first-order valence-corrected chi connectivity index (χ1v) is 6.88. The van der Waals surface area contributed by atoms with Crippen LogP contribution in [-0.4, -0.2) is 45.1 Å². The lowest BCUT2D eigenvalue weighted by molar-refractivity contribution is -0.148. The molecule has 4 rings (SSSR count). The second-order valence-corrected chi connectivity index (χ2v) is 5.79. The van der Waals surface area contributed by atoms with E-state index in [0.717, 1.165) is 5.56 Å². The summed E-state index contributed by atoms with van der Waals surface area (Å²) in [5.41, 5.74) is 0.167. The number of ether oxygens (including phenoxy) is 1. The zero-order valence-corrected chi connectivity index (χ0v) is 11.2. The number of pyridine rings is 1. The number of carbonyl (C=O) groups excluding carboxylic acids is 1. The van der Waals surface area contributed by atoms with Gasteiger partial charge in [0.05, 0.1) is 18.6 Å². The molecule has 0 aromatic carbocycles. The number of fused-ring (bicyclic) bond motifs is 1. The van der Waals surface area contributed by atoms with Crippen molar-refractivity contribution in [2.24, 2.45) is 11.8 Å². The summed E-state index contributed by atoms with van der Waals surface area (Å²) >= 11 is 0. The zero-order valence-electron chi connectivity index (χ0n) is 11.2. The summed E-state index contributed by atoms with van der Waals surface area (Å²) in [5, 5.41) is 9.38. The summed E-state index contributed by atoms with van der Waals surface area (Å²) in [6, 6.07) is 3.71. The van der Waals surface area contributed by atoms with Crippen molar-refractivity contribution in [3.63, 3.8) is 0 Å². The average molecular weight is 286 g/mol. The molecule has 4 atom stereocenters. The molecule has 3 aliphatic heterocycles. The fourth-order valence-corrected chi connectivity index (χ4v) is 3.71. The van der Waals surface area contributed by atoms with E-state index >= 15 is 0 Å². The van der Waals surface area contributed by atoms with Gasteiger partial charge in [-0.05, 0) is 11.6 Å². The van der Waals surface area contributed by atoms with Gasteiger partial charge in [-0.15, -0.1) is 0 Å². The number of aliphatic carboxylic acids is 1. The van der Waals surface area contributed by atoms with Gasteiger partial charge in [-0.2, -0.15) is 0 Å². The van der Waals surface area contributed by atoms with Gasteiger partial charge in [0.25, 0.3) is 0 Å². The number of hydrogen-bond acceptors (Lipinski definition) is 4. The molecule has 2 fully saturated rings. The van der Waals surface area contributed by atoms with Gasteiger partial charge in [0, 0.05) is 18.9 Å². The SMILES string of the molecule is O=C(O)[C@@H]1[C@H]2C=C[C@@]3(CN(Cc4cccnc4)C(=O)[C@@H]13)O2. The number of likely N-dealkylation sites (tertiary alicyclic amines) is 1. The number of hydrogen-bond donors (Lipinski definition) is 1. The molecule has 6 nitrogen and oxygen atoms in total. The summed E-state index contributed by atoms with van der Waals surface area (Å²) in [7, 11) is 0. The van der Waals surface area contributed by atoms with Crippen LogP contribution in [0.1, 0.15) is 5.56 Å². The molecule has 1 aromatic heterocycles. The predicted molar refractivity (Wildman–Crippen MR) is 71.0 cm³/mol. The maximum atomic E-state index is 12.6. The Morgan fingerprint density at radius 1 is 1.57 bits per heavy atom. The van der Waals surface area contributed by atoms with Crippen LogP contribution in [0.3, 0.4) is 0 Å². The van der Waals surface area contributed by atoms with Crippen molar-refractivity contribution in [2.45, 2.75) is 18.2 Å². The molecule has 4 heterocycles. The van der Waals surface area contributed by atoms with E-state index in [1.54, 1.807) is 23.4 Å². The Morgan fingerprint density at radius 3 is 3.14 bits per heavy atom. The Bertz CT molecular complexity index is 644. The first-order chi connectivity index (χ1) is 10.1. The number of nitrogens with zero attached hydrogens (tertiary/aromatic N) is 2. The maximum Gasteiger partial charge on any atom is 0.310 e. The Kier molecular flexibility index (Phi) is 2.47. The molecule has 3 aliphatic rings. The molecule has 0 aliphatic carbocycles. The van der Waals surface area contributed by atoms with Crippen LogP contribution < -0.4 is 0 Å². The average Bonchev–Trinajstić information content (AvgIpc) is 3.09. The van der Waals surface area contributed by atoms with Crippen molar-refractivity contribution < 1.29 is 19.4 Å². The van der Waals surface area contributed by atoms with Crippen LogP contribution in [0.15, 0.2) is 36.7 Å². The molecule has 0 unspecified atom stereocenters. The number of carboxylic acids is 1. The minimum atomic E-state index is -0.965. The lowest BCUT2D eigenvalue weighted by atomic mass is 9.77. The molecule has 1 amide bonds. The van der Waals surface area contributed by atoms with Crippen molar-refractivity contribution in [2.75, 3.05) is 6.54 Å². The fourth-order valence-electron chi connectivity index (χ4n) is 3.71. The standard InChI is InChI=1S/C15H14N2O4/c18-13-12-11(14(19)20)10-3-4-15(12,21-10)8-17(13)7-9-2-1-5-16-6-9/h1-6,10-12H,7-8H2,(H,19,20)/t10-,11-,12-,15+/m1/s1. The van der Waals surface area contributed by atoms with Gasteiger partial charge in [0.15, 0.2) is 0 Å². The molecule has 1 spiro atoms. The van der Waals surface area contributed by atoms with E-state index in [1.165, 1.54) is 0 Å². The quantitative estimate of drug-likeness (QED) is 0.816. The first kappa shape index (κ1) is 12.5. The minimum Gasteiger partial charge on any atom is -0.481 e. The Balaban J connectivity index is 1.63. The molecular weight excluding hydrogens is 272 g/mol. The number of amides is 1. The predicted octanol–water partition coefficient (Wildman–Crippen LogP) is 0.448. The molecule has 6 heteroatoms. The Morgan fingerprint density at radius 2 is 2.43 bits per heavy atom. The number of carboxylic acid groups (broad SMARTS) is 1. The lowest BCUT2D eigenvalue weighted by Crippen LogP contribution is -2.39. The third-order valence-electron chi connectivity index (χ3n) is 4.56. The van der Waals surface area contributed by atoms with Crippen molar-refractivity contribution >= 4 is 11.9 Å². The number of aromatic nitrogens is 1. The third-order valence-corrected chi connectivity index (χ3v) is 4.56. The highest BCUT2D eigenvalue weighted by atomic mass is 16.5. The summed E-state index contributed by atoms with van der Waals surface area (Å²) < 4.78 is 5.83. The zero-order chi connectivity index (χ0) is 14.6. The van der Waals surface area contributed by atoms with Crippen LogP contribution in [0.25, 0.3) is 0 Å². The summed E-state index contributed by atoms with van der Waals surface area (Å²) in [6.45, 7) is 0.835. The topological polar surface area (TPSA) is 79.7 Å². The highest BCUT2D eigenvalue weighted by Crippen LogP contribution is 2.52. The van der Waals surface area contributed by atoms with Gasteiger partial charge < -0.3 is 14.7 Å². The summed E-state index contributed by atoms with van der Waals surface area (Å²) in [5.74, 6) is -2.49. The van der Waals surface area contributed by atoms with Crippen LogP contribution in [0.4, 0.5) is 0 Å². The lowest BCUT2D eigenvalue weighted by Gasteiger charge is -2.21. The largest absolute Gasteiger partial charge is 0.481 e. The van der Waals surface area contributed by atoms with E-state index in [9.17, 15) is 14.7 Å². The number of rotatable bonds is 3. The van der Waals surface area contributed by atoms with Gasteiger partial charge >= 0.3 is 5.97 Å². The van der Waals surface area contributed by atoms with E-state index in [0.29, 0.717) is 13.1 Å². The maximum absolute atomic E-state index is 12.6. The monoisotopic (exact) mass is 286 g/mol. The Labute approximate surface area is 121 Å². The molecule has 108 valence electrons. The van der Waals surface area contributed by atoms with Crippen molar-refractivity contribution in [3.8, 4) is 0 Å². The Hall–Kier alpha value is -2.21. The minimum absolute atomic E-state index is 0.141. The van der Waals surface area contributed by atoms with Gasteiger partial charge in [-0.25, -0.2) is 0 Å². The first-order valence-electron chi connectivity index (χ1n) is 6.88. The van der Waals surface area contributed by atoms with Crippen LogP contribution in [-0.2, 0) is 20.9 Å². The van der Waals surface area contributed by atoms with E-state index in [2.05, 4.69) is 4.98 Å². The van der Waals surface area contributed by atoms with Crippen molar-refractivity contribution in [1.82, 2.24) is 9.88 Å². The number of carbonyl (C=O) groups is 2. The van der Waals surface area contributed by atoms with E-state index in [1.807, 2.05) is 18.2 Å². The normalized spacial score (nSPS) is 36.3.